The first-order chi connectivity index (χ1) is 17.5. The standard InChI is InChI=1S/C25H32N4O8/c1-13-5-15(3-4-21(13)31)16-6-14(7-17(9-16)25(36)37-2)8-20(24(34)35)29-23(33)19(10-18(30)11-26)28-22(32)12-27/h3-7,9,18-20,30-31H,8,10-12,26-27H2,1-2H3,(H,28,32)(H,29,33)(H,34,35)/t18-,19+,20+/m1/s1. The van der Waals surface area contributed by atoms with Crippen molar-refractivity contribution in [1.82, 2.24) is 10.6 Å². The van der Waals surface area contributed by atoms with E-state index < -0.39 is 48.5 Å². The highest BCUT2D eigenvalue weighted by Gasteiger charge is 2.28. The normalized spacial score (nSPS) is 13.2. The third-order valence-electron chi connectivity index (χ3n) is 5.62. The molecule has 0 aliphatic carbocycles. The molecule has 0 radical (unpaired) electrons. The molecule has 2 amide bonds. The predicted molar refractivity (Wildman–Crippen MR) is 134 cm³/mol. The topological polar surface area (TPSA) is 214 Å². The van der Waals surface area contributed by atoms with Gasteiger partial charge in [0.2, 0.25) is 11.8 Å². The molecular formula is C25H32N4O8. The first-order valence-electron chi connectivity index (χ1n) is 11.4. The van der Waals surface area contributed by atoms with Crippen LogP contribution in [0.2, 0.25) is 0 Å². The zero-order valence-electron chi connectivity index (χ0n) is 20.6. The maximum atomic E-state index is 12.9. The number of benzene rings is 2. The molecular weight excluding hydrogens is 484 g/mol. The van der Waals surface area contributed by atoms with Crippen molar-refractivity contribution in [3.8, 4) is 16.9 Å². The maximum Gasteiger partial charge on any atom is 0.337 e. The lowest BCUT2D eigenvalue weighted by atomic mass is 9.95. The predicted octanol–water partition coefficient (Wildman–Crippen LogP) is -0.581. The zero-order chi connectivity index (χ0) is 27.7. The highest BCUT2D eigenvalue weighted by atomic mass is 16.5. The van der Waals surface area contributed by atoms with E-state index >= 15 is 0 Å². The number of carboxylic acids is 1. The number of amides is 2. The molecule has 3 atom stereocenters. The summed E-state index contributed by atoms with van der Waals surface area (Å²) in [5.41, 5.74) is 13.1. The number of carboxylic acid groups (broad SMARTS) is 1. The number of aliphatic hydroxyl groups excluding tert-OH is 1. The smallest absolute Gasteiger partial charge is 0.337 e. The third-order valence-corrected chi connectivity index (χ3v) is 5.62. The number of aliphatic hydroxyl groups is 1. The van der Waals surface area contributed by atoms with Gasteiger partial charge in [-0.15, -0.1) is 0 Å². The number of aryl methyl sites for hydroxylation is 1. The second-order valence-corrected chi connectivity index (χ2v) is 8.46. The highest BCUT2D eigenvalue weighted by Crippen LogP contribution is 2.28. The van der Waals surface area contributed by atoms with Gasteiger partial charge in [0.1, 0.15) is 17.8 Å². The zero-order valence-corrected chi connectivity index (χ0v) is 20.6. The van der Waals surface area contributed by atoms with Gasteiger partial charge in [-0.05, 0) is 53.4 Å². The summed E-state index contributed by atoms with van der Waals surface area (Å²) in [7, 11) is 1.21. The summed E-state index contributed by atoms with van der Waals surface area (Å²) >= 11 is 0. The number of carbonyl (C=O) groups is 4. The van der Waals surface area contributed by atoms with Crippen LogP contribution in [0.15, 0.2) is 36.4 Å². The Bertz CT molecular complexity index is 1150. The van der Waals surface area contributed by atoms with Crippen LogP contribution in [0.4, 0.5) is 0 Å². The summed E-state index contributed by atoms with van der Waals surface area (Å²) in [5.74, 6) is -3.43. The molecule has 12 heteroatoms. The average Bonchev–Trinajstić information content (AvgIpc) is 2.88. The van der Waals surface area contributed by atoms with Gasteiger partial charge in [-0.25, -0.2) is 9.59 Å². The van der Waals surface area contributed by atoms with Crippen molar-refractivity contribution in [2.75, 3.05) is 20.2 Å². The Morgan fingerprint density at radius 3 is 2.27 bits per heavy atom. The molecule has 0 saturated heterocycles. The summed E-state index contributed by atoms with van der Waals surface area (Å²) in [6, 6.07) is 6.83. The van der Waals surface area contributed by atoms with Gasteiger partial charge in [0.25, 0.3) is 0 Å². The van der Waals surface area contributed by atoms with Crippen LogP contribution in [-0.4, -0.2) is 77.5 Å². The van der Waals surface area contributed by atoms with E-state index in [4.69, 9.17) is 16.2 Å². The molecule has 37 heavy (non-hydrogen) atoms. The molecule has 0 unspecified atom stereocenters. The minimum Gasteiger partial charge on any atom is -0.508 e. The quantitative estimate of drug-likeness (QED) is 0.178. The maximum absolute atomic E-state index is 12.9. The van der Waals surface area contributed by atoms with Crippen molar-refractivity contribution in [3.63, 3.8) is 0 Å². The number of hydrogen-bond donors (Lipinski definition) is 7. The number of rotatable bonds is 12. The molecule has 0 fully saturated rings. The lowest BCUT2D eigenvalue weighted by molar-refractivity contribution is -0.142. The van der Waals surface area contributed by atoms with E-state index in [1.54, 1.807) is 31.2 Å². The second kappa shape index (κ2) is 13.3. The van der Waals surface area contributed by atoms with E-state index in [1.807, 2.05) is 0 Å². The van der Waals surface area contributed by atoms with Crippen molar-refractivity contribution in [2.24, 2.45) is 11.5 Å². The number of phenolic OH excluding ortho intramolecular Hbond substituents is 1. The molecule has 2 aromatic rings. The Morgan fingerprint density at radius 2 is 1.70 bits per heavy atom. The summed E-state index contributed by atoms with van der Waals surface area (Å²) in [6.07, 6.45) is -1.58. The van der Waals surface area contributed by atoms with Gasteiger partial charge in [-0.3, -0.25) is 9.59 Å². The fraction of sp³-hybridized carbons (Fsp3) is 0.360. The van der Waals surface area contributed by atoms with Crippen LogP contribution >= 0.6 is 0 Å². The number of carbonyl (C=O) groups excluding carboxylic acids is 3. The molecule has 200 valence electrons. The van der Waals surface area contributed by atoms with E-state index in [9.17, 15) is 34.5 Å². The molecule has 0 heterocycles. The number of nitrogens with one attached hydrogen (secondary N) is 2. The van der Waals surface area contributed by atoms with Gasteiger partial charge in [0, 0.05) is 19.4 Å². The Balaban J connectivity index is 2.38. The molecule has 2 rings (SSSR count). The van der Waals surface area contributed by atoms with Crippen LogP contribution in [-0.2, 0) is 25.5 Å². The molecule has 0 spiro atoms. The summed E-state index contributed by atoms with van der Waals surface area (Å²) in [5, 5.41) is 34.2. The summed E-state index contributed by atoms with van der Waals surface area (Å²) in [6.45, 7) is 1.12. The highest BCUT2D eigenvalue weighted by molar-refractivity contribution is 5.92. The number of esters is 1. The Morgan fingerprint density at radius 1 is 1.00 bits per heavy atom. The number of aromatic hydroxyl groups is 1. The average molecular weight is 517 g/mol. The van der Waals surface area contributed by atoms with E-state index in [1.165, 1.54) is 19.2 Å². The molecule has 0 saturated carbocycles. The number of aliphatic carboxylic acids is 1. The van der Waals surface area contributed by atoms with Gasteiger partial charge in [0.15, 0.2) is 0 Å². The molecule has 0 aromatic heterocycles. The van der Waals surface area contributed by atoms with Gasteiger partial charge < -0.3 is 42.2 Å². The van der Waals surface area contributed by atoms with Crippen LogP contribution in [0.3, 0.4) is 0 Å². The fourth-order valence-electron chi connectivity index (χ4n) is 3.61. The van der Waals surface area contributed by atoms with E-state index in [0.29, 0.717) is 22.3 Å². The second-order valence-electron chi connectivity index (χ2n) is 8.46. The first-order valence-corrected chi connectivity index (χ1v) is 11.4. The number of hydrogen-bond acceptors (Lipinski definition) is 9. The molecule has 0 aliphatic rings. The van der Waals surface area contributed by atoms with E-state index in [0.717, 1.165) is 0 Å². The van der Waals surface area contributed by atoms with Crippen molar-refractivity contribution in [2.45, 2.75) is 38.0 Å². The van der Waals surface area contributed by atoms with Crippen LogP contribution in [0.25, 0.3) is 11.1 Å². The van der Waals surface area contributed by atoms with Crippen LogP contribution < -0.4 is 22.1 Å². The van der Waals surface area contributed by atoms with E-state index in [-0.39, 0.29) is 30.7 Å². The number of phenols is 1. The Hall–Kier alpha value is -4.00. The SMILES string of the molecule is COC(=O)c1cc(C[C@H](NC(=O)[C@H](C[C@@H](O)CN)NC(=O)CN)C(=O)O)cc(-c2ccc(O)c(C)c2)c1. The molecule has 9 N–H and O–H groups in total. The van der Waals surface area contributed by atoms with E-state index in [2.05, 4.69) is 10.6 Å². The molecule has 12 nitrogen and oxygen atoms in total. The van der Waals surface area contributed by atoms with Gasteiger partial charge in [-0.2, -0.15) is 0 Å². The molecule has 0 aliphatic heterocycles. The van der Waals surface area contributed by atoms with Crippen LogP contribution in [0.5, 0.6) is 5.75 Å². The minimum absolute atomic E-state index is 0.0952. The lowest BCUT2D eigenvalue weighted by Gasteiger charge is -2.23. The van der Waals surface area contributed by atoms with Crippen molar-refractivity contribution < 1.29 is 39.2 Å². The van der Waals surface area contributed by atoms with Gasteiger partial charge in [0.05, 0.1) is 25.3 Å². The minimum atomic E-state index is -1.44. The first kappa shape index (κ1) is 29.2. The number of nitrogens with two attached hydrogens (primary N) is 2. The monoisotopic (exact) mass is 516 g/mol. The Labute approximate surface area is 213 Å². The summed E-state index contributed by atoms with van der Waals surface area (Å²) in [4.78, 5) is 48.9. The largest absolute Gasteiger partial charge is 0.508 e. The van der Waals surface area contributed by atoms with Gasteiger partial charge in [-0.1, -0.05) is 12.1 Å². The number of methoxy groups -OCH3 is 1. The Kier molecular flexibility index (Phi) is 10.5. The van der Waals surface area contributed by atoms with Crippen molar-refractivity contribution in [1.29, 1.82) is 0 Å². The molecule has 0 bridgehead atoms. The molecule has 2 aromatic carbocycles. The summed E-state index contributed by atoms with van der Waals surface area (Å²) < 4.78 is 4.82. The number of ether oxygens (including phenoxy) is 1. The third kappa shape index (κ3) is 8.27. The van der Waals surface area contributed by atoms with Crippen LogP contribution in [0.1, 0.15) is 27.9 Å². The van der Waals surface area contributed by atoms with Crippen LogP contribution in [0, 0.1) is 6.92 Å². The fourth-order valence-corrected chi connectivity index (χ4v) is 3.61. The van der Waals surface area contributed by atoms with Crippen molar-refractivity contribution in [3.05, 3.63) is 53.1 Å². The van der Waals surface area contributed by atoms with Crippen molar-refractivity contribution >= 4 is 23.8 Å². The van der Waals surface area contributed by atoms with Gasteiger partial charge >= 0.3 is 11.9 Å². The lowest BCUT2D eigenvalue weighted by Crippen LogP contribution is -2.54.